The molecule has 5 heteroatoms. The molecule has 1 N–H and O–H groups in total. The van der Waals surface area contributed by atoms with E-state index in [4.69, 9.17) is 9.84 Å². The molecule has 1 aliphatic heterocycles. The molecule has 0 spiro atoms. The summed E-state index contributed by atoms with van der Waals surface area (Å²) in [5, 5.41) is 9.01. The van der Waals surface area contributed by atoms with E-state index >= 15 is 0 Å². The van der Waals surface area contributed by atoms with E-state index in [1.807, 2.05) is 0 Å². The highest BCUT2D eigenvalue weighted by atomic mass is 19.1. The maximum absolute atomic E-state index is 13.2. The second-order valence-corrected chi connectivity index (χ2v) is 3.23. The minimum atomic E-state index is -1.10. The summed E-state index contributed by atoms with van der Waals surface area (Å²) < 4.78 is 18.0. The molecule has 0 fully saturated rings. The summed E-state index contributed by atoms with van der Waals surface area (Å²) in [5.41, 5.74) is 0. The van der Waals surface area contributed by atoms with E-state index in [0.29, 0.717) is 13.0 Å². The van der Waals surface area contributed by atoms with Crippen molar-refractivity contribution in [2.45, 2.75) is 25.6 Å². The van der Waals surface area contributed by atoms with Gasteiger partial charge >= 0.3 is 0 Å². The first-order valence-corrected chi connectivity index (χ1v) is 4.44. The lowest BCUT2D eigenvalue weighted by atomic mass is 10.1. The predicted octanol–water partition coefficient (Wildman–Crippen LogP) is 0.425. The van der Waals surface area contributed by atoms with Gasteiger partial charge in [-0.15, -0.1) is 0 Å². The molecule has 0 saturated carbocycles. The summed E-state index contributed by atoms with van der Waals surface area (Å²) in [6, 6.07) is 0. The van der Waals surface area contributed by atoms with E-state index in [1.165, 1.54) is 18.9 Å². The molecule has 0 saturated heterocycles. The van der Waals surface area contributed by atoms with Gasteiger partial charge in [-0.3, -0.25) is 4.79 Å². The maximum Gasteiger partial charge on any atom is 0.255 e. The maximum atomic E-state index is 13.2. The average Bonchev–Trinajstić information content (AvgIpc) is 2.16. The fourth-order valence-corrected chi connectivity index (χ4v) is 1.34. The smallest absolute Gasteiger partial charge is 0.255 e. The average molecular weight is 203 g/mol. The number of carbonyl (C=O) groups excluding carboxylic acids is 1. The van der Waals surface area contributed by atoms with E-state index in [1.54, 1.807) is 0 Å². The highest BCUT2D eigenvalue weighted by Gasteiger charge is 2.26. The minimum absolute atomic E-state index is 0.371. The van der Waals surface area contributed by atoms with Crippen molar-refractivity contribution in [1.29, 1.82) is 0 Å². The van der Waals surface area contributed by atoms with Gasteiger partial charge in [-0.05, 0) is 13.3 Å². The highest BCUT2D eigenvalue weighted by Crippen LogP contribution is 2.19. The lowest BCUT2D eigenvalue weighted by Gasteiger charge is -2.27. The Kier molecular flexibility index (Phi) is 3.60. The summed E-state index contributed by atoms with van der Waals surface area (Å²) in [7, 11) is 1.42. The van der Waals surface area contributed by atoms with Gasteiger partial charge in [-0.25, -0.2) is 4.39 Å². The molecular weight excluding hydrogens is 189 g/mol. The lowest BCUT2D eigenvalue weighted by molar-refractivity contribution is -0.137. The van der Waals surface area contributed by atoms with Gasteiger partial charge in [0.25, 0.3) is 5.91 Å². The van der Waals surface area contributed by atoms with Crippen molar-refractivity contribution in [1.82, 2.24) is 4.90 Å². The van der Waals surface area contributed by atoms with Crippen LogP contribution < -0.4 is 0 Å². The zero-order valence-electron chi connectivity index (χ0n) is 8.24. The van der Waals surface area contributed by atoms with Crippen LogP contribution in [0.25, 0.3) is 0 Å². The summed E-state index contributed by atoms with van der Waals surface area (Å²) >= 11 is 0. The normalized spacial score (nSPS) is 24.4. The van der Waals surface area contributed by atoms with Crippen LogP contribution in [0.1, 0.15) is 13.3 Å². The van der Waals surface area contributed by atoms with Crippen molar-refractivity contribution in [3.63, 3.8) is 0 Å². The quantitative estimate of drug-likeness (QED) is 0.707. The lowest BCUT2D eigenvalue weighted by Crippen LogP contribution is -2.39. The number of carbonyl (C=O) groups is 1. The third-order valence-electron chi connectivity index (χ3n) is 2.14. The van der Waals surface area contributed by atoms with Gasteiger partial charge in [-0.1, -0.05) is 0 Å². The first kappa shape index (κ1) is 11.1. The monoisotopic (exact) mass is 203 g/mol. The molecule has 1 amide bonds. The molecule has 0 aromatic carbocycles. The van der Waals surface area contributed by atoms with Gasteiger partial charge in [0, 0.05) is 19.9 Å². The third kappa shape index (κ3) is 2.30. The predicted molar refractivity (Wildman–Crippen MR) is 48.0 cm³/mol. The number of halogens is 1. The first-order chi connectivity index (χ1) is 6.56. The van der Waals surface area contributed by atoms with Crippen LogP contribution in [0.2, 0.25) is 0 Å². The van der Waals surface area contributed by atoms with Crippen LogP contribution >= 0.6 is 0 Å². The van der Waals surface area contributed by atoms with Crippen molar-refractivity contribution in [2.75, 3.05) is 13.7 Å². The number of methoxy groups -OCH3 is 1. The number of aliphatic hydroxyl groups excluding tert-OH is 1. The summed E-state index contributed by atoms with van der Waals surface area (Å²) in [4.78, 5) is 12.4. The Morgan fingerprint density at radius 3 is 2.93 bits per heavy atom. The number of aliphatic hydroxyl groups is 1. The molecule has 1 rings (SSSR count). The van der Waals surface area contributed by atoms with Crippen LogP contribution in [0, 0.1) is 0 Å². The van der Waals surface area contributed by atoms with Crippen molar-refractivity contribution >= 4 is 5.91 Å². The molecular formula is C9H14FNO3. The number of nitrogens with zero attached hydrogens (tertiary/aromatic N) is 1. The molecule has 14 heavy (non-hydrogen) atoms. The van der Waals surface area contributed by atoms with Crippen LogP contribution in [-0.4, -0.2) is 41.8 Å². The Morgan fingerprint density at radius 2 is 2.50 bits per heavy atom. The fraction of sp³-hybridized carbons (Fsp3) is 0.667. The van der Waals surface area contributed by atoms with Gasteiger partial charge in [0.05, 0.1) is 0 Å². The number of ether oxygens (including phenoxy) is 1. The summed E-state index contributed by atoms with van der Waals surface area (Å²) in [6.07, 6.45) is -0.157. The zero-order valence-corrected chi connectivity index (χ0v) is 8.24. The Hall–Kier alpha value is -0.940. The fourth-order valence-electron chi connectivity index (χ4n) is 1.34. The standard InChI is InChI=1S/C9H14FNO3/c1-6(12)9(13)11-4-3-8(14-2)7(10)5-11/h5-6,8,12H,3-4H2,1-2H3/t6-,8-/m0/s1. The molecule has 1 aliphatic rings. The summed E-state index contributed by atoms with van der Waals surface area (Å²) in [5.74, 6) is -0.970. The number of rotatable bonds is 2. The largest absolute Gasteiger partial charge is 0.384 e. The molecule has 0 aliphatic carbocycles. The zero-order chi connectivity index (χ0) is 10.7. The summed E-state index contributed by atoms with van der Waals surface area (Å²) in [6.45, 7) is 1.73. The van der Waals surface area contributed by atoms with Crippen molar-refractivity contribution in [2.24, 2.45) is 0 Å². The first-order valence-electron chi connectivity index (χ1n) is 4.44. The van der Waals surface area contributed by atoms with Gasteiger partial charge < -0.3 is 14.7 Å². The molecule has 1 heterocycles. The Labute approximate surface area is 82.0 Å². The minimum Gasteiger partial charge on any atom is -0.384 e. The number of hydrogen-bond acceptors (Lipinski definition) is 3. The number of hydrogen-bond donors (Lipinski definition) is 1. The van der Waals surface area contributed by atoms with E-state index in [2.05, 4.69) is 0 Å². The van der Waals surface area contributed by atoms with E-state index in [0.717, 1.165) is 6.20 Å². The topological polar surface area (TPSA) is 49.8 Å². The third-order valence-corrected chi connectivity index (χ3v) is 2.14. The van der Waals surface area contributed by atoms with E-state index in [9.17, 15) is 9.18 Å². The highest BCUT2D eigenvalue weighted by molar-refractivity contribution is 5.81. The van der Waals surface area contributed by atoms with Crippen LogP contribution in [0.4, 0.5) is 4.39 Å². The second-order valence-electron chi connectivity index (χ2n) is 3.23. The van der Waals surface area contributed by atoms with Crippen molar-refractivity contribution < 1.29 is 19.0 Å². The molecule has 80 valence electrons. The van der Waals surface area contributed by atoms with Crippen molar-refractivity contribution in [3.05, 3.63) is 12.0 Å². The van der Waals surface area contributed by atoms with E-state index < -0.39 is 23.9 Å². The van der Waals surface area contributed by atoms with Gasteiger partial charge in [-0.2, -0.15) is 0 Å². The molecule has 4 nitrogen and oxygen atoms in total. The Bertz CT molecular complexity index is 252. The van der Waals surface area contributed by atoms with Crippen LogP contribution in [-0.2, 0) is 9.53 Å². The molecule has 0 aromatic heterocycles. The van der Waals surface area contributed by atoms with Gasteiger partial charge in [0.15, 0.2) is 0 Å². The molecule has 0 radical (unpaired) electrons. The van der Waals surface area contributed by atoms with Crippen LogP contribution in [0.5, 0.6) is 0 Å². The SMILES string of the molecule is CO[C@H]1CCN(C(=O)[C@H](C)O)C=C1F. The van der Waals surface area contributed by atoms with Crippen molar-refractivity contribution in [3.8, 4) is 0 Å². The Morgan fingerprint density at radius 1 is 1.86 bits per heavy atom. The molecule has 0 bridgehead atoms. The van der Waals surface area contributed by atoms with Gasteiger partial charge in [0.2, 0.25) is 0 Å². The van der Waals surface area contributed by atoms with Gasteiger partial charge in [0.1, 0.15) is 18.0 Å². The van der Waals surface area contributed by atoms with Crippen LogP contribution in [0.15, 0.2) is 12.0 Å². The number of amides is 1. The Balaban J connectivity index is 2.69. The van der Waals surface area contributed by atoms with Crippen LogP contribution in [0.3, 0.4) is 0 Å². The van der Waals surface area contributed by atoms with E-state index in [-0.39, 0.29) is 0 Å². The molecule has 0 unspecified atom stereocenters. The molecule has 0 aromatic rings. The second kappa shape index (κ2) is 4.52. The molecule has 2 atom stereocenters.